The fraction of sp³-hybridized carbons (Fsp3) is 0.360. The molecule has 0 atom stereocenters. The second-order valence-electron chi connectivity index (χ2n) is 8.22. The monoisotopic (exact) mass is 481 g/mol. The number of benzene rings is 2. The maximum Gasteiger partial charge on any atom is 0.229 e. The Morgan fingerprint density at radius 1 is 1.03 bits per heavy atom. The van der Waals surface area contributed by atoms with E-state index in [-0.39, 0.29) is 0 Å². The van der Waals surface area contributed by atoms with Crippen molar-refractivity contribution in [3.63, 3.8) is 0 Å². The van der Waals surface area contributed by atoms with Crippen LogP contribution in [0.5, 0.6) is 11.5 Å². The van der Waals surface area contributed by atoms with E-state index in [9.17, 15) is 0 Å². The number of nitrogens with zero attached hydrogens (tertiary/aromatic N) is 3. The molecule has 0 radical (unpaired) electrons. The van der Waals surface area contributed by atoms with E-state index in [1.807, 2.05) is 24.3 Å². The standard InChI is InChI=1S/C25H28ClN5O3/c1-32-22-15-18(31-10-13-33-14-11-31)8-9-20(22)28-24-19(26)16-27-25(30-24)29-21-7-4-6-17-5-2-3-12-34-23(17)21/h4,6-9,15-16H,2-3,5,10-14H2,1H3,(H2,27,28,29,30). The Morgan fingerprint density at radius 2 is 1.91 bits per heavy atom. The Kier molecular flexibility index (Phi) is 6.87. The van der Waals surface area contributed by atoms with Crippen molar-refractivity contribution in [2.45, 2.75) is 19.3 Å². The molecule has 0 spiro atoms. The zero-order valence-electron chi connectivity index (χ0n) is 19.1. The van der Waals surface area contributed by atoms with Gasteiger partial charge in [0.15, 0.2) is 5.82 Å². The zero-order chi connectivity index (χ0) is 23.3. The van der Waals surface area contributed by atoms with E-state index in [4.69, 9.17) is 25.8 Å². The minimum Gasteiger partial charge on any atom is -0.494 e. The Hall–Kier alpha value is -3.23. The van der Waals surface area contributed by atoms with Crippen molar-refractivity contribution in [3.8, 4) is 11.5 Å². The normalized spacial score (nSPS) is 15.6. The molecule has 1 saturated heterocycles. The molecule has 178 valence electrons. The van der Waals surface area contributed by atoms with E-state index in [1.165, 1.54) is 5.56 Å². The molecule has 2 N–H and O–H groups in total. The SMILES string of the molecule is COc1cc(N2CCOCC2)ccc1Nc1nc(Nc2cccc3c2OCCCC3)ncc1Cl. The summed E-state index contributed by atoms with van der Waals surface area (Å²) in [5, 5.41) is 7.01. The number of para-hydroxylation sites is 1. The molecule has 1 aromatic heterocycles. The average Bonchev–Trinajstić information content (AvgIpc) is 3.13. The number of aryl methyl sites for hydroxylation is 1. The Bertz CT molecular complexity index is 1150. The van der Waals surface area contributed by atoms with Crippen molar-refractivity contribution >= 4 is 40.4 Å². The van der Waals surface area contributed by atoms with Crippen molar-refractivity contribution in [1.29, 1.82) is 0 Å². The highest BCUT2D eigenvalue weighted by Gasteiger charge is 2.17. The maximum atomic E-state index is 6.43. The van der Waals surface area contributed by atoms with Crippen LogP contribution in [-0.2, 0) is 11.2 Å². The fourth-order valence-electron chi connectivity index (χ4n) is 4.21. The molecular formula is C25H28ClN5O3. The van der Waals surface area contributed by atoms with Gasteiger partial charge < -0.3 is 29.7 Å². The van der Waals surface area contributed by atoms with Gasteiger partial charge in [-0.1, -0.05) is 23.7 Å². The second kappa shape index (κ2) is 10.4. The van der Waals surface area contributed by atoms with E-state index >= 15 is 0 Å². The number of hydrogen-bond donors (Lipinski definition) is 2. The van der Waals surface area contributed by atoms with Gasteiger partial charge in [-0.3, -0.25) is 0 Å². The van der Waals surface area contributed by atoms with Crippen molar-refractivity contribution in [3.05, 3.63) is 53.2 Å². The molecule has 9 heteroatoms. The lowest BCUT2D eigenvalue weighted by Gasteiger charge is -2.29. The summed E-state index contributed by atoms with van der Waals surface area (Å²) in [7, 11) is 1.65. The summed E-state index contributed by atoms with van der Waals surface area (Å²) < 4.78 is 17.1. The zero-order valence-corrected chi connectivity index (χ0v) is 19.9. The number of halogens is 1. The minimum atomic E-state index is 0.410. The number of aromatic nitrogens is 2. The summed E-state index contributed by atoms with van der Waals surface area (Å²) in [5.41, 5.74) is 3.90. The predicted octanol–water partition coefficient (Wildman–Crippen LogP) is 5.18. The highest BCUT2D eigenvalue weighted by atomic mass is 35.5. The van der Waals surface area contributed by atoms with Crippen molar-refractivity contribution in [1.82, 2.24) is 9.97 Å². The third-order valence-electron chi connectivity index (χ3n) is 5.99. The number of methoxy groups -OCH3 is 1. The number of ether oxygens (including phenoxy) is 3. The summed E-state index contributed by atoms with van der Waals surface area (Å²) in [6.45, 7) is 3.88. The van der Waals surface area contributed by atoms with Crippen LogP contribution in [0.3, 0.4) is 0 Å². The van der Waals surface area contributed by atoms with Crippen LogP contribution < -0.4 is 25.0 Å². The third-order valence-corrected chi connectivity index (χ3v) is 6.27. The first-order valence-electron chi connectivity index (χ1n) is 11.5. The van der Waals surface area contributed by atoms with Gasteiger partial charge in [0.05, 0.1) is 44.5 Å². The molecule has 3 aromatic rings. The summed E-state index contributed by atoms with van der Waals surface area (Å²) >= 11 is 6.43. The van der Waals surface area contributed by atoms with E-state index in [0.717, 1.165) is 68.4 Å². The Balaban J connectivity index is 1.38. The molecule has 0 bridgehead atoms. The van der Waals surface area contributed by atoms with Crippen molar-refractivity contribution < 1.29 is 14.2 Å². The highest BCUT2D eigenvalue weighted by Crippen LogP contribution is 2.36. The molecule has 0 amide bonds. The first-order chi connectivity index (χ1) is 16.7. The quantitative estimate of drug-likeness (QED) is 0.498. The van der Waals surface area contributed by atoms with Gasteiger partial charge in [-0.25, -0.2) is 4.98 Å². The van der Waals surface area contributed by atoms with Gasteiger partial charge in [0.1, 0.15) is 16.5 Å². The number of nitrogens with one attached hydrogen (secondary N) is 2. The first kappa shape index (κ1) is 22.6. The molecule has 34 heavy (non-hydrogen) atoms. The van der Waals surface area contributed by atoms with E-state index in [0.29, 0.717) is 29.1 Å². The lowest BCUT2D eigenvalue weighted by atomic mass is 10.1. The van der Waals surface area contributed by atoms with Crippen LogP contribution in [0.1, 0.15) is 18.4 Å². The lowest BCUT2D eigenvalue weighted by Crippen LogP contribution is -2.36. The highest BCUT2D eigenvalue weighted by molar-refractivity contribution is 6.33. The van der Waals surface area contributed by atoms with Crippen LogP contribution in [0.25, 0.3) is 0 Å². The number of rotatable bonds is 6. The predicted molar refractivity (Wildman–Crippen MR) is 135 cm³/mol. The fourth-order valence-corrected chi connectivity index (χ4v) is 4.35. The largest absolute Gasteiger partial charge is 0.494 e. The summed E-state index contributed by atoms with van der Waals surface area (Å²) in [4.78, 5) is 11.3. The minimum absolute atomic E-state index is 0.410. The number of fused-ring (bicyclic) bond motifs is 1. The van der Waals surface area contributed by atoms with Gasteiger partial charge in [-0.15, -0.1) is 0 Å². The van der Waals surface area contributed by atoms with Gasteiger partial charge in [0.2, 0.25) is 5.95 Å². The molecule has 0 unspecified atom stereocenters. The number of hydrogen-bond acceptors (Lipinski definition) is 8. The molecule has 3 heterocycles. The van der Waals surface area contributed by atoms with Crippen molar-refractivity contribution in [2.24, 2.45) is 0 Å². The van der Waals surface area contributed by atoms with Crippen LogP contribution in [-0.4, -0.2) is 50.0 Å². The van der Waals surface area contributed by atoms with Crippen LogP contribution in [0.2, 0.25) is 5.02 Å². The third kappa shape index (κ3) is 4.98. The summed E-state index contributed by atoms with van der Waals surface area (Å²) in [5.74, 6) is 2.49. The van der Waals surface area contributed by atoms with Crippen LogP contribution in [0.15, 0.2) is 42.6 Å². The van der Waals surface area contributed by atoms with Crippen LogP contribution in [0, 0.1) is 0 Å². The smallest absolute Gasteiger partial charge is 0.229 e. The molecular weight excluding hydrogens is 454 g/mol. The van der Waals surface area contributed by atoms with E-state index in [2.05, 4.69) is 37.6 Å². The second-order valence-corrected chi connectivity index (χ2v) is 8.63. The maximum absolute atomic E-state index is 6.43. The van der Waals surface area contributed by atoms with Crippen LogP contribution in [0.4, 0.5) is 28.8 Å². The first-order valence-corrected chi connectivity index (χ1v) is 11.9. The van der Waals surface area contributed by atoms with E-state index < -0.39 is 0 Å². The van der Waals surface area contributed by atoms with Crippen molar-refractivity contribution in [2.75, 3.05) is 55.6 Å². The number of anilines is 5. The van der Waals surface area contributed by atoms with E-state index in [1.54, 1.807) is 13.3 Å². The summed E-state index contributed by atoms with van der Waals surface area (Å²) in [6, 6.07) is 12.1. The van der Waals surface area contributed by atoms with Gasteiger partial charge in [-0.2, -0.15) is 4.98 Å². The Morgan fingerprint density at radius 3 is 2.76 bits per heavy atom. The average molecular weight is 482 g/mol. The van der Waals surface area contributed by atoms with Gasteiger partial charge >= 0.3 is 0 Å². The topological polar surface area (TPSA) is 80.8 Å². The molecule has 8 nitrogen and oxygen atoms in total. The van der Waals surface area contributed by atoms with Gasteiger partial charge in [0, 0.05) is 24.8 Å². The molecule has 0 aliphatic carbocycles. The summed E-state index contributed by atoms with van der Waals surface area (Å²) in [6.07, 6.45) is 4.75. The molecule has 1 fully saturated rings. The van der Waals surface area contributed by atoms with Gasteiger partial charge in [0.25, 0.3) is 0 Å². The molecule has 2 aliphatic rings. The lowest BCUT2D eigenvalue weighted by molar-refractivity contribution is 0.122. The Labute approximate surface area is 204 Å². The molecule has 2 aromatic carbocycles. The van der Waals surface area contributed by atoms with Crippen LogP contribution >= 0.6 is 11.6 Å². The molecule has 0 saturated carbocycles. The van der Waals surface area contributed by atoms with Gasteiger partial charge in [-0.05, 0) is 43.0 Å². The molecule has 5 rings (SSSR count). The number of morpholine rings is 1. The molecule has 2 aliphatic heterocycles.